The number of hydrogen-bond acceptors (Lipinski definition) is 5. The number of aromatic nitrogens is 1. The van der Waals surface area contributed by atoms with Gasteiger partial charge >= 0.3 is 6.03 Å². The molecule has 0 unspecified atom stereocenters. The van der Waals surface area contributed by atoms with E-state index in [0.29, 0.717) is 5.56 Å². The molecular formula is C18H24N4O5S. The molecule has 4 N–H and O–H groups in total. The van der Waals surface area contributed by atoms with Crippen LogP contribution in [-0.2, 0) is 26.8 Å². The van der Waals surface area contributed by atoms with Crippen molar-refractivity contribution in [3.05, 3.63) is 47.8 Å². The molecule has 0 saturated carbocycles. The molecule has 152 valence electrons. The van der Waals surface area contributed by atoms with Crippen molar-refractivity contribution >= 4 is 22.0 Å². The van der Waals surface area contributed by atoms with Gasteiger partial charge < -0.3 is 20.4 Å². The molecule has 28 heavy (non-hydrogen) atoms. The fourth-order valence-electron chi connectivity index (χ4n) is 2.63. The van der Waals surface area contributed by atoms with Crippen LogP contribution < -0.4 is 20.1 Å². The Balaban J connectivity index is 2.23. The quantitative estimate of drug-likeness (QED) is 0.548. The lowest BCUT2D eigenvalue weighted by atomic mass is 9.96. The van der Waals surface area contributed by atoms with Crippen molar-refractivity contribution in [1.29, 1.82) is 0 Å². The van der Waals surface area contributed by atoms with Gasteiger partial charge in [-0.25, -0.2) is 17.9 Å². The molecule has 3 amide bonds. The zero-order valence-corrected chi connectivity index (χ0v) is 16.9. The smallest absolute Gasteiger partial charge is 0.328 e. The minimum Gasteiger partial charge on any atom is -0.495 e. The summed E-state index contributed by atoms with van der Waals surface area (Å²) in [6.07, 6.45) is 3.52. The van der Waals surface area contributed by atoms with Crippen LogP contribution in [-0.4, -0.2) is 39.5 Å². The second-order valence-electron chi connectivity index (χ2n) is 6.62. The molecule has 1 aromatic heterocycles. The molecule has 1 heterocycles. The van der Waals surface area contributed by atoms with E-state index in [0.717, 1.165) is 5.56 Å². The number of rotatable bonds is 7. The highest BCUT2D eigenvalue weighted by molar-refractivity contribution is 7.90. The van der Waals surface area contributed by atoms with Crippen LogP contribution in [0.3, 0.4) is 0 Å². The Labute approximate surface area is 163 Å². The fraction of sp³-hybridized carbons (Fsp3) is 0.333. The van der Waals surface area contributed by atoms with Crippen molar-refractivity contribution in [3.63, 3.8) is 0 Å². The first-order chi connectivity index (χ1) is 13.1. The van der Waals surface area contributed by atoms with Crippen molar-refractivity contribution in [2.45, 2.75) is 30.7 Å². The van der Waals surface area contributed by atoms with Gasteiger partial charge in [-0.1, -0.05) is 6.07 Å². The third-order valence-corrected chi connectivity index (χ3v) is 5.46. The van der Waals surface area contributed by atoms with Crippen LogP contribution >= 0.6 is 0 Å². The predicted molar refractivity (Wildman–Crippen MR) is 103 cm³/mol. The highest BCUT2D eigenvalue weighted by Crippen LogP contribution is 2.25. The van der Waals surface area contributed by atoms with E-state index in [9.17, 15) is 18.0 Å². The van der Waals surface area contributed by atoms with Crippen LogP contribution in [0.15, 0.2) is 41.6 Å². The molecule has 0 atom stereocenters. The maximum absolute atomic E-state index is 12.5. The van der Waals surface area contributed by atoms with Gasteiger partial charge in [0.25, 0.3) is 10.0 Å². The number of ether oxygens (including phenoxy) is 1. The van der Waals surface area contributed by atoms with Crippen LogP contribution in [0.2, 0.25) is 0 Å². The van der Waals surface area contributed by atoms with Crippen LogP contribution in [0.1, 0.15) is 25.0 Å². The second-order valence-corrected chi connectivity index (χ2v) is 8.27. The Morgan fingerprint density at radius 2 is 1.93 bits per heavy atom. The summed E-state index contributed by atoms with van der Waals surface area (Å²) in [5, 5.41) is 5.09. The molecule has 0 saturated heterocycles. The lowest BCUT2D eigenvalue weighted by molar-refractivity contribution is -0.122. The third-order valence-electron chi connectivity index (χ3n) is 4.11. The van der Waals surface area contributed by atoms with Gasteiger partial charge in [0.1, 0.15) is 10.6 Å². The lowest BCUT2D eigenvalue weighted by Crippen LogP contribution is -2.41. The van der Waals surface area contributed by atoms with Crippen LogP contribution in [0.5, 0.6) is 5.75 Å². The predicted octanol–water partition coefficient (Wildman–Crippen LogP) is 1.24. The first kappa shape index (κ1) is 21.3. The summed E-state index contributed by atoms with van der Waals surface area (Å²) in [5.41, 5.74) is 0.772. The van der Waals surface area contributed by atoms with E-state index in [2.05, 4.69) is 15.6 Å². The first-order valence-corrected chi connectivity index (χ1v) is 9.93. The molecule has 2 rings (SSSR count). The number of nitrogens with one attached hydrogen (secondary N) is 4. The standard InChI is InChI=1S/C18H24N4O5S/c1-18(2,13-7-8-20-11-13)21-16(23)10-12-5-6-14(27-4)15(9-12)28(25,26)22-17(24)19-3/h5-9,11,20H,10H2,1-4H3,(H,21,23)(H2,19,22,24). The van der Waals surface area contributed by atoms with Gasteiger partial charge in [-0.15, -0.1) is 0 Å². The van der Waals surface area contributed by atoms with Crippen molar-refractivity contribution in [2.75, 3.05) is 14.2 Å². The number of urea groups is 1. The van der Waals surface area contributed by atoms with Gasteiger partial charge in [-0.3, -0.25) is 4.79 Å². The molecular weight excluding hydrogens is 384 g/mol. The normalized spacial score (nSPS) is 11.6. The molecule has 0 aliphatic carbocycles. The number of methoxy groups -OCH3 is 1. The maximum atomic E-state index is 12.5. The SMILES string of the molecule is CNC(=O)NS(=O)(=O)c1cc(CC(=O)NC(C)(C)c2cc[nH]c2)ccc1OC. The summed E-state index contributed by atoms with van der Waals surface area (Å²) in [4.78, 5) is 26.6. The fourth-order valence-corrected chi connectivity index (χ4v) is 3.81. The molecule has 9 nitrogen and oxygen atoms in total. The molecule has 1 aromatic carbocycles. The van der Waals surface area contributed by atoms with Crippen molar-refractivity contribution in [2.24, 2.45) is 0 Å². The number of carbonyl (C=O) groups is 2. The molecule has 0 aliphatic rings. The number of aromatic amines is 1. The Morgan fingerprint density at radius 1 is 1.21 bits per heavy atom. The van der Waals surface area contributed by atoms with Crippen LogP contribution in [0.25, 0.3) is 0 Å². The van der Waals surface area contributed by atoms with Gasteiger partial charge in [0.2, 0.25) is 5.91 Å². The molecule has 2 aromatic rings. The molecule has 0 bridgehead atoms. The van der Waals surface area contributed by atoms with E-state index in [1.54, 1.807) is 18.5 Å². The van der Waals surface area contributed by atoms with E-state index in [-0.39, 0.29) is 23.0 Å². The van der Waals surface area contributed by atoms with E-state index >= 15 is 0 Å². The summed E-state index contributed by atoms with van der Waals surface area (Å²) in [6.45, 7) is 3.73. The minimum atomic E-state index is -4.17. The van der Waals surface area contributed by atoms with Crippen molar-refractivity contribution in [3.8, 4) is 5.75 Å². The van der Waals surface area contributed by atoms with E-state index < -0.39 is 21.6 Å². The molecule has 0 radical (unpaired) electrons. The summed E-state index contributed by atoms with van der Waals surface area (Å²) >= 11 is 0. The number of H-pyrrole nitrogens is 1. The first-order valence-electron chi connectivity index (χ1n) is 8.45. The molecule has 0 aliphatic heterocycles. The maximum Gasteiger partial charge on any atom is 0.328 e. The molecule has 0 spiro atoms. The molecule has 10 heteroatoms. The number of hydrogen-bond donors (Lipinski definition) is 4. The minimum absolute atomic E-state index is 0.0413. The number of amides is 3. The van der Waals surface area contributed by atoms with E-state index in [1.165, 1.54) is 26.3 Å². The third kappa shape index (κ3) is 5.03. The van der Waals surface area contributed by atoms with Gasteiger partial charge in [0.15, 0.2) is 0 Å². The highest BCUT2D eigenvalue weighted by Gasteiger charge is 2.25. The Morgan fingerprint density at radius 3 is 2.50 bits per heavy atom. The summed E-state index contributed by atoms with van der Waals surface area (Å²) in [7, 11) is -1.55. The van der Waals surface area contributed by atoms with Crippen molar-refractivity contribution in [1.82, 2.24) is 20.3 Å². The Kier molecular flexibility index (Phi) is 6.34. The van der Waals surface area contributed by atoms with Gasteiger partial charge in [-0.05, 0) is 43.2 Å². The zero-order chi connectivity index (χ0) is 20.9. The van der Waals surface area contributed by atoms with E-state index in [4.69, 9.17) is 4.74 Å². The van der Waals surface area contributed by atoms with Gasteiger partial charge in [0, 0.05) is 19.4 Å². The number of carbonyl (C=O) groups excluding carboxylic acids is 2. The van der Waals surface area contributed by atoms with Gasteiger partial charge in [-0.2, -0.15) is 0 Å². The van der Waals surface area contributed by atoms with Gasteiger partial charge in [0.05, 0.1) is 19.1 Å². The average molecular weight is 408 g/mol. The summed E-state index contributed by atoms with van der Waals surface area (Å²) in [5.74, 6) is -0.216. The topological polar surface area (TPSA) is 129 Å². The largest absolute Gasteiger partial charge is 0.495 e. The average Bonchev–Trinajstić information content (AvgIpc) is 3.16. The number of benzene rings is 1. The number of sulfonamides is 1. The Bertz CT molecular complexity index is 952. The summed E-state index contributed by atoms with van der Waals surface area (Å²) < 4.78 is 31.8. The zero-order valence-electron chi connectivity index (χ0n) is 16.1. The van der Waals surface area contributed by atoms with Crippen LogP contribution in [0.4, 0.5) is 4.79 Å². The monoisotopic (exact) mass is 408 g/mol. The van der Waals surface area contributed by atoms with Crippen molar-refractivity contribution < 1.29 is 22.7 Å². The second kappa shape index (κ2) is 8.34. The Hall–Kier alpha value is -3.01. The van der Waals surface area contributed by atoms with Crippen LogP contribution in [0, 0.1) is 0 Å². The molecule has 0 fully saturated rings. The highest BCUT2D eigenvalue weighted by atomic mass is 32.2. The summed E-state index contributed by atoms with van der Waals surface area (Å²) in [6, 6.07) is 5.34. The van der Waals surface area contributed by atoms with E-state index in [1.807, 2.05) is 24.6 Å². The lowest BCUT2D eigenvalue weighted by Gasteiger charge is -2.25.